The molecule has 1 heterocycles. The zero-order valence-corrected chi connectivity index (χ0v) is 10.6. The lowest BCUT2D eigenvalue weighted by atomic mass is 9.95. The van der Waals surface area contributed by atoms with Gasteiger partial charge in [-0.3, -0.25) is 0 Å². The van der Waals surface area contributed by atoms with Crippen molar-refractivity contribution in [2.75, 3.05) is 0 Å². The fourth-order valence-electron chi connectivity index (χ4n) is 2.24. The standard InChI is InChI=1S/C18H15N/c1-3-9-15(10-4-1)18(16-11-5-2-6-12-16)17-13-7-8-14-19-17/h1-14,19H. The lowest BCUT2D eigenvalue weighted by molar-refractivity contribution is 1.10. The second kappa shape index (κ2) is 5.40. The summed E-state index contributed by atoms with van der Waals surface area (Å²) in [6.45, 7) is 0. The predicted molar refractivity (Wildman–Crippen MR) is 80.3 cm³/mol. The Balaban J connectivity index is 2.17. The van der Waals surface area contributed by atoms with Gasteiger partial charge in [-0.15, -0.1) is 0 Å². The Labute approximate surface area is 113 Å². The van der Waals surface area contributed by atoms with Crippen molar-refractivity contribution in [2.45, 2.75) is 0 Å². The summed E-state index contributed by atoms with van der Waals surface area (Å²) in [7, 11) is 0. The molecule has 0 spiro atoms. The average molecular weight is 245 g/mol. The number of nitrogens with one attached hydrogen (secondary N) is 1. The van der Waals surface area contributed by atoms with Gasteiger partial charge in [-0.05, 0) is 23.3 Å². The minimum Gasteiger partial charge on any atom is -0.361 e. The van der Waals surface area contributed by atoms with Gasteiger partial charge < -0.3 is 5.32 Å². The van der Waals surface area contributed by atoms with Gasteiger partial charge in [-0.25, -0.2) is 0 Å². The molecule has 2 aromatic rings. The summed E-state index contributed by atoms with van der Waals surface area (Å²) >= 11 is 0. The van der Waals surface area contributed by atoms with Crippen molar-refractivity contribution in [1.82, 2.24) is 5.32 Å². The van der Waals surface area contributed by atoms with Gasteiger partial charge in [0.2, 0.25) is 0 Å². The summed E-state index contributed by atoms with van der Waals surface area (Å²) in [5.41, 5.74) is 4.79. The van der Waals surface area contributed by atoms with Crippen LogP contribution in [0.1, 0.15) is 11.1 Å². The molecule has 1 aliphatic heterocycles. The topological polar surface area (TPSA) is 12.0 Å². The minimum atomic E-state index is 1.12. The van der Waals surface area contributed by atoms with Gasteiger partial charge >= 0.3 is 0 Å². The first-order valence-corrected chi connectivity index (χ1v) is 6.40. The molecule has 0 amide bonds. The summed E-state index contributed by atoms with van der Waals surface area (Å²) in [5, 5.41) is 3.33. The molecular formula is C18H15N. The largest absolute Gasteiger partial charge is 0.361 e. The van der Waals surface area contributed by atoms with Gasteiger partial charge in [0.1, 0.15) is 0 Å². The normalized spacial score (nSPS) is 13.2. The first-order valence-electron chi connectivity index (χ1n) is 6.40. The molecule has 1 aliphatic rings. The molecule has 0 aromatic heterocycles. The zero-order chi connectivity index (χ0) is 12.9. The van der Waals surface area contributed by atoms with E-state index in [4.69, 9.17) is 0 Å². The molecule has 0 saturated heterocycles. The molecule has 1 N–H and O–H groups in total. The molecule has 1 heteroatoms. The first kappa shape index (κ1) is 11.5. The Kier molecular flexibility index (Phi) is 3.28. The van der Waals surface area contributed by atoms with Gasteiger partial charge in [0.05, 0.1) is 0 Å². The smallest absolute Gasteiger partial charge is 0.0465 e. The molecule has 0 atom stereocenters. The Hall–Kier alpha value is -2.54. The highest BCUT2D eigenvalue weighted by molar-refractivity contribution is 5.83. The Morgan fingerprint density at radius 2 is 1.26 bits per heavy atom. The summed E-state index contributed by atoms with van der Waals surface area (Å²) < 4.78 is 0. The second-order valence-electron chi connectivity index (χ2n) is 4.38. The Bertz CT molecular complexity index is 592. The van der Waals surface area contributed by atoms with Crippen LogP contribution in [-0.4, -0.2) is 0 Å². The van der Waals surface area contributed by atoms with Crippen molar-refractivity contribution >= 4 is 5.57 Å². The van der Waals surface area contributed by atoms with Crippen LogP contribution in [0.15, 0.2) is 90.8 Å². The molecule has 3 rings (SSSR count). The minimum absolute atomic E-state index is 1.12. The third-order valence-corrected chi connectivity index (χ3v) is 3.10. The molecule has 1 nitrogen and oxygen atoms in total. The molecule has 0 aliphatic carbocycles. The van der Waals surface area contributed by atoms with E-state index in [1.165, 1.54) is 16.7 Å². The average Bonchev–Trinajstić information content (AvgIpc) is 2.51. The maximum absolute atomic E-state index is 3.33. The van der Waals surface area contributed by atoms with E-state index < -0.39 is 0 Å². The maximum Gasteiger partial charge on any atom is 0.0465 e. The summed E-state index contributed by atoms with van der Waals surface area (Å²) in [5.74, 6) is 0. The van der Waals surface area contributed by atoms with Crippen LogP contribution in [-0.2, 0) is 0 Å². The Morgan fingerprint density at radius 3 is 1.74 bits per heavy atom. The highest BCUT2D eigenvalue weighted by Gasteiger charge is 2.09. The number of hydrogen-bond donors (Lipinski definition) is 1. The molecule has 0 fully saturated rings. The molecule has 19 heavy (non-hydrogen) atoms. The van der Waals surface area contributed by atoms with E-state index in [2.05, 4.69) is 66.0 Å². The van der Waals surface area contributed by atoms with Crippen LogP contribution in [0.5, 0.6) is 0 Å². The molecule has 2 aromatic carbocycles. The van der Waals surface area contributed by atoms with Crippen LogP contribution in [0.3, 0.4) is 0 Å². The number of allylic oxidation sites excluding steroid dienone is 3. The quantitative estimate of drug-likeness (QED) is 0.839. The third-order valence-electron chi connectivity index (χ3n) is 3.10. The van der Waals surface area contributed by atoms with E-state index in [1.807, 2.05) is 24.4 Å². The number of rotatable bonds is 2. The fraction of sp³-hybridized carbons (Fsp3) is 0. The molecule has 0 radical (unpaired) electrons. The van der Waals surface area contributed by atoms with E-state index >= 15 is 0 Å². The SMILES string of the molecule is C1=CNC(=C(c2ccccc2)c2ccccc2)C=C1. The molecule has 0 unspecified atom stereocenters. The Morgan fingerprint density at radius 1 is 0.684 bits per heavy atom. The maximum atomic E-state index is 3.33. The van der Waals surface area contributed by atoms with Crippen molar-refractivity contribution in [1.29, 1.82) is 0 Å². The van der Waals surface area contributed by atoms with Gasteiger partial charge in [0.25, 0.3) is 0 Å². The van der Waals surface area contributed by atoms with Gasteiger partial charge in [-0.2, -0.15) is 0 Å². The summed E-state index contributed by atoms with van der Waals surface area (Å²) in [4.78, 5) is 0. The lowest BCUT2D eigenvalue weighted by Crippen LogP contribution is -2.08. The molecule has 92 valence electrons. The predicted octanol–water partition coefficient (Wildman–Crippen LogP) is 4.12. The second-order valence-corrected chi connectivity index (χ2v) is 4.38. The van der Waals surface area contributed by atoms with E-state index in [0.717, 1.165) is 5.70 Å². The monoisotopic (exact) mass is 245 g/mol. The summed E-state index contributed by atoms with van der Waals surface area (Å²) in [6.07, 6.45) is 8.12. The zero-order valence-electron chi connectivity index (χ0n) is 10.6. The molecular weight excluding hydrogens is 230 g/mol. The van der Waals surface area contributed by atoms with Crippen LogP contribution in [0.25, 0.3) is 5.57 Å². The first-order chi connectivity index (χ1) is 9.45. The van der Waals surface area contributed by atoms with Crippen molar-refractivity contribution in [3.05, 3.63) is 102 Å². The van der Waals surface area contributed by atoms with Crippen LogP contribution in [0, 0.1) is 0 Å². The van der Waals surface area contributed by atoms with E-state index in [-0.39, 0.29) is 0 Å². The van der Waals surface area contributed by atoms with Gasteiger partial charge in [0, 0.05) is 17.5 Å². The summed E-state index contributed by atoms with van der Waals surface area (Å²) in [6, 6.07) is 20.9. The van der Waals surface area contributed by atoms with Crippen molar-refractivity contribution in [2.24, 2.45) is 0 Å². The number of dihydropyridines is 1. The van der Waals surface area contributed by atoms with Gasteiger partial charge in [-0.1, -0.05) is 66.7 Å². The molecule has 0 saturated carbocycles. The van der Waals surface area contributed by atoms with Gasteiger partial charge in [0.15, 0.2) is 0 Å². The third kappa shape index (κ3) is 2.50. The van der Waals surface area contributed by atoms with E-state index in [9.17, 15) is 0 Å². The van der Waals surface area contributed by atoms with Crippen LogP contribution < -0.4 is 5.32 Å². The van der Waals surface area contributed by atoms with Crippen LogP contribution in [0.4, 0.5) is 0 Å². The van der Waals surface area contributed by atoms with E-state index in [1.54, 1.807) is 0 Å². The van der Waals surface area contributed by atoms with Crippen LogP contribution in [0.2, 0.25) is 0 Å². The number of hydrogen-bond acceptors (Lipinski definition) is 1. The van der Waals surface area contributed by atoms with Crippen molar-refractivity contribution in [3.8, 4) is 0 Å². The van der Waals surface area contributed by atoms with Crippen LogP contribution >= 0.6 is 0 Å². The van der Waals surface area contributed by atoms with Crippen molar-refractivity contribution in [3.63, 3.8) is 0 Å². The highest BCUT2D eigenvalue weighted by atomic mass is 14.9. The lowest BCUT2D eigenvalue weighted by Gasteiger charge is -2.15. The fourth-order valence-corrected chi connectivity index (χ4v) is 2.24. The highest BCUT2D eigenvalue weighted by Crippen LogP contribution is 2.27. The van der Waals surface area contributed by atoms with Crippen molar-refractivity contribution < 1.29 is 0 Å². The van der Waals surface area contributed by atoms with E-state index in [0.29, 0.717) is 0 Å². The number of benzene rings is 2. The molecule has 0 bridgehead atoms.